The van der Waals surface area contributed by atoms with Crippen molar-refractivity contribution in [3.05, 3.63) is 18.3 Å². The lowest BCUT2D eigenvalue weighted by Gasteiger charge is -2.13. The molecule has 0 aliphatic carbocycles. The van der Waals surface area contributed by atoms with E-state index in [2.05, 4.69) is 10.3 Å². The predicted molar refractivity (Wildman–Crippen MR) is 59.4 cm³/mol. The Morgan fingerprint density at radius 1 is 1.47 bits per heavy atom. The number of hydrogen-bond acceptors (Lipinski definition) is 4. The Morgan fingerprint density at radius 3 is 2.80 bits per heavy atom. The average molecular weight is 210 g/mol. The first-order valence-electron chi connectivity index (χ1n) is 5.16. The quantitative estimate of drug-likeness (QED) is 0.772. The van der Waals surface area contributed by atoms with Crippen molar-refractivity contribution in [2.45, 2.75) is 20.0 Å². The maximum atomic E-state index is 5.56. The number of hydrogen-bond donors (Lipinski definition) is 1. The highest BCUT2D eigenvalue weighted by Gasteiger charge is 2.03. The predicted octanol–water partition coefficient (Wildman–Crippen LogP) is 1.47. The van der Waals surface area contributed by atoms with Crippen LogP contribution in [0, 0.1) is 0 Å². The molecule has 4 heteroatoms. The third-order valence-electron chi connectivity index (χ3n) is 1.83. The molecule has 1 aromatic rings. The molecule has 0 amide bonds. The van der Waals surface area contributed by atoms with E-state index in [1.54, 1.807) is 6.20 Å². The number of nitrogens with zero attached hydrogens (tertiary/aromatic N) is 1. The van der Waals surface area contributed by atoms with Crippen LogP contribution in [0.3, 0.4) is 0 Å². The van der Waals surface area contributed by atoms with Crippen LogP contribution in [-0.4, -0.2) is 31.3 Å². The lowest BCUT2D eigenvalue weighted by atomic mass is 10.4. The summed E-state index contributed by atoms with van der Waals surface area (Å²) < 4.78 is 10.8. The van der Waals surface area contributed by atoms with Gasteiger partial charge in [-0.05, 0) is 27.0 Å². The van der Waals surface area contributed by atoms with Crippen LogP contribution in [0.4, 0.5) is 0 Å². The zero-order chi connectivity index (χ0) is 11.1. The van der Waals surface area contributed by atoms with E-state index in [0.29, 0.717) is 12.5 Å². The number of ether oxygens (including phenoxy) is 2. The number of aromatic nitrogens is 1. The van der Waals surface area contributed by atoms with Crippen molar-refractivity contribution >= 4 is 0 Å². The second-order valence-corrected chi connectivity index (χ2v) is 3.25. The zero-order valence-corrected chi connectivity index (χ0v) is 9.49. The smallest absolute Gasteiger partial charge is 0.213 e. The monoisotopic (exact) mass is 210 g/mol. The Hall–Kier alpha value is -1.29. The molecule has 0 bridgehead atoms. The minimum atomic E-state index is 0.112. The molecule has 0 saturated carbocycles. The molecular weight excluding hydrogens is 192 g/mol. The summed E-state index contributed by atoms with van der Waals surface area (Å²) in [5.41, 5.74) is 0. The second-order valence-electron chi connectivity index (χ2n) is 3.25. The van der Waals surface area contributed by atoms with Gasteiger partial charge in [-0.25, -0.2) is 4.98 Å². The lowest BCUT2D eigenvalue weighted by Crippen LogP contribution is -2.26. The summed E-state index contributed by atoms with van der Waals surface area (Å²) in [6, 6.07) is 3.68. The van der Waals surface area contributed by atoms with Crippen LogP contribution < -0.4 is 14.8 Å². The molecule has 0 radical (unpaired) electrons. The summed E-state index contributed by atoms with van der Waals surface area (Å²) in [5, 5.41) is 3.04. The van der Waals surface area contributed by atoms with E-state index < -0.39 is 0 Å². The molecule has 1 heterocycles. The highest BCUT2D eigenvalue weighted by molar-refractivity contribution is 5.22. The van der Waals surface area contributed by atoms with Crippen molar-refractivity contribution in [3.8, 4) is 11.6 Å². The lowest BCUT2D eigenvalue weighted by molar-refractivity contribution is 0.211. The number of rotatable bonds is 6. The van der Waals surface area contributed by atoms with E-state index in [9.17, 15) is 0 Å². The molecule has 15 heavy (non-hydrogen) atoms. The van der Waals surface area contributed by atoms with E-state index >= 15 is 0 Å². The Labute approximate surface area is 90.6 Å². The first-order chi connectivity index (χ1) is 7.26. The highest BCUT2D eigenvalue weighted by atomic mass is 16.5. The van der Waals surface area contributed by atoms with Crippen LogP contribution in [-0.2, 0) is 0 Å². The Bertz CT molecular complexity index is 274. The van der Waals surface area contributed by atoms with Gasteiger partial charge in [0.05, 0.1) is 12.8 Å². The summed E-state index contributed by atoms with van der Waals surface area (Å²) in [6.07, 6.45) is 1.78. The van der Waals surface area contributed by atoms with Crippen LogP contribution in [0.2, 0.25) is 0 Å². The van der Waals surface area contributed by atoms with Gasteiger partial charge in [-0.3, -0.25) is 0 Å². The van der Waals surface area contributed by atoms with E-state index in [1.807, 2.05) is 33.0 Å². The molecule has 4 nitrogen and oxygen atoms in total. The maximum absolute atomic E-state index is 5.56. The van der Waals surface area contributed by atoms with Crippen LogP contribution in [0.1, 0.15) is 13.8 Å². The Kier molecular flexibility index (Phi) is 4.90. The maximum Gasteiger partial charge on any atom is 0.213 e. The standard InChI is InChI=1S/C11H18N2O2/c1-4-14-10-5-6-11(13-8-10)15-9(2)7-12-3/h5-6,8-9,12H,4,7H2,1-3H3/t9-/m0/s1. The Morgan fingerprint density at radius 2 is 2.27 bits per heavy atom. The SMILES string of the molecule is CCOc1ccc(O[C@@H](C)CNC)nc1. The van der Waals surface area contributed by atoms with E-state index in [1.165, 1.54) is 0 Å². The number of pyridine rings is 1. The number of nitrogens with one attached hydrogen (secondary N) is 1. The van der Waals surface area contributed by atoms with E-state index in [-0.39, 0.29) is 6.10 Å². The fourth-order valence-corrected chi connectivity index (χ4v) is 1.22. The highest BCUT2D eigenvalue weighted by Crippen LogP contribution is 2.14. The van der Waals surface area contributed by atoms with Crippen LogP contribution in [0.15, 0.2) is 18.3 Å². The summed E-state index contributed by atoms with van der Waals surface area (Å²) >= 11 is 0. The number of likely N-dealkylation sites (N-methyl/N-ethyl adjacent to an activating group) is 1. The fraction of sp³-hybridized carbons (Fsp3) is 0.545. The third-order valence-corrected chi connectivity index (χ3v) is 1.83. The molecule has 0 unspecified atom stereocenters. The van der Waals surface area contributed by atoms with Gasteiger partial charge in [0.15, 0.2) is 0 Å². The van der Waals surface area contributed by atoms with E-state index in [0.717, 1.165) is 12.3 Å². The molecule has 1 aromatic heterocycles. The summed E-state index contributed by atoms with van der Waals surface area (Å²) in [6.45, 7) is 5.39. The van der Waals surface area contributed by atoms with Crippen molar-refractivity contribution < 1.29 is 9.47 Å². The molecule has 0 aliphatic rings. The first kappa shape index (κ1) is 11.8. The van der Waals surface area contributed by atoms with Gasteiger partial charge >= 0.3 is 0 Å². The summed E-state index contributed by atoms with van der Waals surface area (Å²) in [4.78, 5) is 4.14. The van der Waals surface area contributed by atoms with Crippen LogP contribution in [0.25, 0.3) is 0 Å². The van der Waals surface area contributed by atoms with Crippen molar-refractivity contribution in [3.63, 3.8) is 0 Å². The normalized spacial score (nSPS) is 12.2. The fourth-order valence-electron chi connectivity index (χ4n) is 1.22. The molecule has 84 valence electrons. The van der Waals surface area contributed by atoms with Crippen molar-refractivity contribution in [2.24, 2.45) is 0 Å². The molecule has 0 fully saturated rings. The topological polar surface area (TPSA) is 43.4 Å². The van der Waals surface area contributed by atoms with Gasteiger partial charge < -0.3 is 14.8 Å². The third kappa shape index (κ3) is 4.16. The first-order valence-corrected chi connectivity index (χ1v) is 5.16. The summed E-state index contributed by atoms with van der Waals surface area (Å²) in [7, 11) is 1.89. The van der Waals surface area contributed by atoms with Gasteiger partial charge in [-0.1, -0.05) is 0 Å². The minimum Gasteiger partial charge on any atom is -0.492 e. The van der Waals surface area contributed by atoms with Crippen molar-refractivity contribution in [2.75, 3.05) is 20.2 Å². The molecule has 0 saturated heterocycles. The average Bonchev–Trinajstić information content (AvgIpc) is 2.22. The van der Waals surface area contributed by atoms with Gasteiger partial charge in [0.2, 0.25) is 5.88 Å². The van der Waals surface area contributed by atoms with E-state index in [4.69, 9.17) is 9.47 Å². The van der Waals surface area contributed by atoms with Gasteiger partial charge in [0.1, 0.15) is 11.9 Å². The molecule has 0 aliphatic heterocycles. The van der Waals surface area contributed by atoms with Crippen molar-refractivity contribution in [1.29, 1.82) is 0 Å². The minimum absolute atomic E-state index is 0.112. The van der Waals surface area contributed by atoms with Crippen LogP contribution >= 0.6 is 0 Å². The Balaban J connectivity index is 2.48. The van der Waals surface area contributed by atoms with Gasteiger partial charge in [0.25, 0.3) is 0 Å². The molecule has 1 rings (SSSR count). The molecule has 0 aromatic carbocycles. The molecule has 0 spiro atoms. The van der Waals surface area contributed by atoms with Crippen molar-refractivity contribution in [1.82, 2.24) is 10.3 Å². The van der Waals surface area contributed by atoms with Crippen LogP contribution in [0.5, 0.6) is 11.6 Å². The second kappa shape index (κ2) is 6.24. The summed E-state index contributed by atoms with van der Waals surface area (Å²) in [5.74, 6) is 1.40. The molecule has 1 N–H and O–H groups in total. The zero-order valence-electron chi connectivity index (χ0n) is 9.49. The van der Waals surface area contributed by atoms with Gasteiger partial charge in [-0.2, -0.15) is 0 Å². The van der Waals surface area contributed by atoms with Gasteiger partial charge in [0, 0.05) is 12.6 Å². The largest absolute Gasteiger partial charge is 0.492 e. The van der Waals surface area contributed by atoms with Gasteiger partial charge in [-0.15, -0.1) is 0 Å². The molecular formula is C11H18N2O2. The molecule has 1 atom stereocenters.